The lowest BCUT2D eigenvalue weighted by atomic mass is 9.98. The Kier molecular flexibility index (Phi) is 7.70. The second-order valence-corrected chi connectivity index (χ2v) is 9.10. The van der Waals surface area contributed by atoms with Crippen molar-refractivity contribution >= 4 is 18.0 Å². The number of hydrogen-bond donors (Lipinski definition) is 2. The molecule has 2 unspecified atom stereocenters. The van der Waals surface area contributed by atoms with Gasteiger partial charge >= 0.3 is 12.1 Å². The molecule has 2 amide bonds. The molecule has 0 radical (unpaired) electrons. The number of aliphatic carboxylic acids is 1. The summed E-state index contributed by atoms with van der Waals surface area (Å²) in [6, 6.07) is 14.3. The third-order valence-electron chi connectivity index (χ3n) is 6.94. The van der Waals surface area contributed by atoms with Gasteiger partial charge in [-0.2, -0.15) is 0 Å². The Bertz CT molecular complexity index is 1040. The van der Waals surface area contributed by atoms with E-state index in [2.05, 4.69) is 17.4 Å². The average Bonchev–Trinajstić information content (AvgIpc) is 3.45. The van der Waals surface area contributed by atoms with Crippen molar-refractivity contribution in [2.45, 2.75) is 56.7 Å². The summed E-state index contributed by atoms with van der Waals surface area (Å²) in [5, 5.41) is 12.3. The quantitative estimate of drug-likeness (QED) is 0.566. The van der Waals surface area contributed by atoms with Crippen LogP contribution in [0.1, 0.15) is 49.7 Å². The van der Waals surface area contributed by atoms with Crippen molar-refractivity contribution < 1.29 is 29.0 Å². The minimum Gasteiger partial charge on any atom is -0.480 e. The molecule has 186 valence electrons. The fraction of sp³-hybridized carbons (Fsp3) is 0.444. The number of nitrogens with zero attached hydrogens (tertiary/aromatic N) is 1. The van der Waals surface area contributed by atoms with Crippen LogP contribution in [0.2, 0.25) is 0 Å². The summed E-state index contributed by atoms with van der Waals surface area (Å²) in [6.07, 6.45) is 1.14. The number of hydrogen-bond acceptors (Lipinski definition) is 5. The number of likely N-dealkylation sites (tertiary alicyclic amines) is 1. The Hall–Kier alpha value is -3.39. The van der Waals surface area contributed by atoms with E-state index in [0.29, 0.717) is 12.8 Å². The molecule has 4 rings (SSSR count). The first-order valence-electron chi connectivity index (χ1n) is 12.1. The van der Waals surface area contributed by atoms with Gasteiger partial charge in [0.2, 0.25) is 5.91 Å². The molecular formula is C27H32N2O6. The van der Waals surface area contributed by atoms with Gasteiger partial charge in [0.15, 0.2) is 0 Å². The van der Waals surface area contributed by atoms with Crippen LogP contribution in [0.15, 0.2) is 48.5 Å². The second-order valence-electron chi connectivity index (χ2n) is 9.10. The minimum absolute atomic E-state index is 0.0876. The number of fused-ring (bicyclic) bond motifs is 3. The van der Waals surface area contributed by atoms with Crippen molar-refractivity contribution in [2.75, 3.05) is 20.3 Å². The molecule has 2 aromatic carbocycles. The highest BCUT2D eigenvalue weighted by Crippen LogP contribution is 2.44. The Morgan fingerprint density at radius 3 is 2.29 bits per heavy atom. The molecule has 0 aromatic heterocycles. The first kappa shape index (κ1) is 24.7. The number of rotatable bonds is 9. The largest absolute Gasteiger partial charge is 0.480 e. The molecule has 1 aliphatic heterocycles. The number of nitrogens with one attached hydrogen (secondary N) is 1. The number of carboxylic acid groups (broad SMARTS) is 1. The van der Waals surface area contributed by atoms with Crippen LogP contribution in [0.4, 0.5) is 4.79 Å². The molecule has 1 saturated heterocycles. The summed E-state index contributed by atoms with van der Waals surface area (Å²) in [5.74, 6) is -1.58. The van der Waals surface area contributed by atoms with Crippen LogP contribution in [0.3, 0.4) is 0 Å². The van der Waals surface area contributed by atoms with Crippen molar-refractivity contribution in [2.24, 2.45) is 0 Å². The number of alkyl carbamates (subject to hydrolysis) is 1. The van der Waals surface area contributed by atoms with E-state index in [1.165, 1.54) is 12.0 Å². The normalized spacial score (nSPS) is 19.7. The molecule has 1 aliphatic carbocycles. The predicted molar refractivity (Wildman–Crippen MR) is 130 cm³/mol. The van der Waals surface area contributed by atoms with Gasteiger partial charge in [0.05, 0.1) is 6.10 Å². The SMILES string of the molecule is CCCC[C@H](NC(=O)OCC1c2ccccc2-c2ccccc21)C(=O)N1CC(OC)CC1C(=O)O. The molecule has 2 aromatic rings. The minimum atomic E-state index is -1.08. The smallest absolute Gasteiger partial charge is 0.407 e. The van der Waals surface area contributed by atoms with Gasteiger partial charge in [-0.25, -0.2) is 9.59 Å². The van der Waals surface area contributed by atoms with Crippen LogP contribution in [-0.4, -0.2) is 66.4 Å². The standard InChI is InChI=1S/C27H32N2O6/c1-3-4-13-23(25(30)29-15-17(34-2)14-24(29)26(31)32)28-27(33)35-16-22-20-11-7-5-9-18(20)19-10-6-8-12-21(19)22/h5-12,17,22-24H,3-4,13-16H2,1-2H3,(H,28,33)(H,31,32)/t17?,23-,24?/m0/s1. The molecule has 35 heavy (non-hydrogen) atoms. The zero-order valence-corrected chi connectivity index (χ0v) is 20.1. The van der Waals surface area contributed by atoms with Gasteiger partial charge in [-0.1, -0.05) is 68.3 Å². The highest BCUT2D eigenvalue weighted by atomic mass is 16.5. The molecule has 1 fully saturated rings. The molecule has 0 spiro atoms. The van der Waals surface area contributed by atoms with Crippen molar-refractivity contribution in [1.82, 2.24) is 10.2 Å². The molecule has 3 atom stereocenters. The number of carbonyl (C=O) groups is 3. The summed E-state index contributed by atoms with van der Waals surface area (Å²) in [4.78, 5) is 39.1. The monoisotopic (exact) mass is 480 g/mol. The lowest BCUT2D eigenvalue weighted by molar-refractivity contribution is -0.149. The third-order valence-corrected chi connectivity index (χ3v) is 6.94. The maximum Gasteiger partial charge on any atom is 0.407 e. The number of methoxy groups -OCH3 is 1. The van der Waals surface area contributed by atoms with Gasteiger partial charge < -0.3 is 24.8 Å². The fourth-order valence-electron chi connectivity index (χ4n) is 5.09. The molecule has 8 nitrogen and oxygen atoms in total. The number of unbranched alkanes of at least 4 members (excludes halogenated alkanes) is 1. The molecule has 2 aliphatic rings. The zero-order valence-electron chi connectivity index (χ0n) is 20.1. The summed E-state index contributed by atoms with van der Waals surface area (Å²) >= 11 is 0. The lowest BCUT2D eigenvalue weighted by Crippen LogP contribution is -2.52. The van der Waals surface area contributed by atoms with Gasteiger partial charge in [0.25, 0.3) is 0 Å². The Morgan fingerprint density at radius 2 is 1.71 bits per heavy atom. The molecular weight excluding hydrogens is 448 g/mol. The van der Waals surface area contributed by atoms with E-state index < -0.39 is 30.1 Å². The second kappa shape index (κ2) is 10.9. The fourth-order valence-corrected chi connectivity index (χ4v) is 5.09. The van der Waals surface area contributed by atoms with Crippen LogP contribution in [0.5, 0.6) is 0 Å². The number of ether oxygens (including phenoxy) is 2. The van der Waals surface area contributed by atoms with E-state index in [-0.39, 0.29) is 31.6 Å². The van der Waals surface area contributed by atoms with Crippen LogP contribution in [0.25, 0.3) is 11.1 Å². The van der Waals surface area contributed by atoms with E-state index in [4.69, 9.17) is 9.47 Å². The first-order valence-corrected chi connectivity index (χ1v) is 12.1. The van der Waals surface area contributed by atoms with E-state index in [0.717, 1.165) is 28.7 Å². The summed E-state index contributed by atoms with van der Waals surface area (Å²) in [6.45, 7) is 2.31. The van der Waals surface area contributed by atoms with E-state index in [9.17, 15) is 19.5 Å². The molecule has 8 heteroatoms. The Morgan fingerprint density at radius 1 is 1.09 bits per heavy atom. The average molecular weight is 481 g/mol. The van der Waals surface area contributed by atoms with E-state index in [1.807, 2.05) is 43.3 Å². The summed E-state index contributed by atoms with van der Waals surface area (Å²) < 4.78 is 10.9. The molecule has 2 N–H and O–H groups in total. The number of amides is 2. The van der Waals surface area contributed by atoms with Crippen LogP contribution in [0, 0.1) is 0 Å². The number of carboxylic acids is 1. The van der Waals surface area contributed by atoms with Crippen LogP contribution < -0.4 is 5.32 Å². The topological polar surface area (TPSA) is 105 Å². The maximum absolute atomic E-state index is 13.3. The maximum atomic E-state index is 13.3. The number of benzene rings is 2. The highest BCUT2D eigenvalue weighted by Gasteiger charge is 2.42. The van der Waals surface area contributed by atoms with Crippen molar-refractivity contribution in [1.29, 1.82) is 0 Å². The molecule has 0 bridgehead atoms. The first-order chi connectivity index (χ1) is 16.9. The summed E-state index contributed by atoms with van der Waals surface area (Å²) in [5.41, 5.74) is 4.48. The highest BCUT2D eigenvalue weighted by molar-refractivity contribution is 5.90. The van der Waals surface area contributed by atoms with E-state index in [1.54, 1.807) is 0 Å². The van der Waals surface area contributed by atoms with Gasteiger partial charge in [-0.15, -0.1) is 0 Å². The van der Waals surface area contributed by atoms with Gasteiger partial charge in [-0.3, -0.25) is 4.79 Å². The number of carbonyl (C=O) groups excluding carboxylic acids is 2. The van der Waals surface area contributed by atoms with Crippen molar-refractivity contribution in [3.8, 4) is 11.1 Å². The van der Waals surface area contributed by atoms with Gasteiger partial charge in [0.1, 0.15) is 18.7 Å². The third kappa shape index (κ3) is 5.17. The van der Waals surface area contributed by atoms with E-state index >= 15 is 0 Å². The Balaban J connectivity index is 1.44. The van der Waals surface area contributed by atoms with Crippen LogP contribution >= 0.6 is 0 Å². The predicted octanol–water partition coefficient (Wildman–Crippen LogP) is 3.78. The van der Waals surface area contributed by atoms with Crippen LogP contribution in [-0.2, 0) is 19.1 Å². The Labute approximate surface area is 205 Å². The zero-order chi connectivity index (χ0) is 24.9. The van der Waals surface area contributed by atoms with Gasteiger partial charge in [-0.05, 0) is 28.7 Å². The molecule has 0 saturated carbocycles. The molecule has 1 heterocycles. The van der Waals surface area contributed by atoms with Crippen molar-refractivity contribution in [3.05, 3.63) is 59.7 Å². The van der Waals surface area contributed by atoms with Crippen molar-refractivity contribution in [3.63, 3.8) is 0 Å². The summed E-state index contributed by atoms with van der Waals surface area (Å²) in [7, 11) is 1.50. The van der Waals surface area contributed by atoms with Gasteiger partial charge in [0, 0.05) is 26.0 Å². The lowest BCUT2D eigenvalue weighted by Gasteiger charge is -2.27.